The van der Waals surface area contributed by atoms with Crippen molar-refractivity contribution in [2.75, 3.05) is 7.11 Å². The van der Waals surface area contributed by atoms with Crippen LogP contribution in [0, 0.1) is 6.92 Å². The lowest BCUT2D eigenvalue weighted by Gasteiger charge is -2.15. The van der Waals surface area contributed by atoms with Crippen molar-refractivity contribution in [1.82, 2.24) is 4.98 Å². The van der Waals surface area contributed by atoms with Crippen LogP contribution in [0.15, 0.2) is 57.7 Å². The Hall–Kier alpha value is -3.28. The van der Waals surface area contributed by atoms with E-state index < -0.39 is 17.4 Å². The zero-order valence-electron chi connectivity index (χ0n) is 14.5. The number of carbonyl (C=O) groups excluding carboxylic acids is 1. The van der Waals surface area contributed by atoms with Gasteiger partial charge in [-0.15, -0.1) is 0 Å². The number of aromatic nitrogens is 1. The summed E-state index contributed by atoms with van der Waals surface area (Å²) in [6.07, 6.45) is -0.127. The van der Waals surface area contributed by atoms with Crippen LogP contribution in [-0.2, 0) is 9.53 Å². The number of nitrogens with one attached hydrogen (secondary N) is 1. The lowest BCUT2D eigenvalue weighted by Crippen LogP contribution is -2.20. The number of hydrogen-bond acceptors (Lipinski definition) is 5. The number of hydrogen-bond donors (Lipinski definition) is 2. The van der Waals surface area contributed by atoms with Gasteiger partial charge in [-0.25, -0.2) is 0 Å². The van der Waals surface area contributed by atoms with Crippen molar-refractivity contribution in [3.05, 3.63) is 75.9 Å². The van der Waals surface area contributed by atoms with Crippen molar-refractivity contribution in [1.29, 1.82) is 0 Å². The number of pyridine rings is 1. The molecule has 0 amide bonds. The van der Waals surface area contributed by atoms with Crippen molar-refractivity contribution >= 4 is 5.97 Å². The Bertz CT molecular complexity index is 971. The van der Waals surface area contributed by atoms with E-state index >= 15 is 0 Å². The first kappa shape index (κ1) is 17.5. The lowest BCUT2D eigenvalue weighted by atomic mass is 9.93. The molecule has 0 aliphatic rings. The Balaban J connectivity index is 2.07. The maximum absolute atomic E-state index is 12.4. The molecule has 0 fully saturated rings. The van der Waals surface area contributed by atoms with Gasteiger partial charge in [-0.1, -0.05) is 30.3 Å². The van der Waals surface area contributed by atoms with Crippen molar-refractivity contribution < 1.29 is 19.1 Å². The van der Waals surface area contributed by atoms with E-state index in [0.717, 1.165) is 5.56 Å². The minimum Gasteiger partial charge on any atom is -0.507 e. The molecule has 0 aliphatic carbocycles. The van der Waals surface area contributed by atoms with Gasteiger partial charge >= 0.3 is 5.97 Å². The molecule has 0 bridgehead atoms. The van der Waals surface area contributed by atoms with Crippen LogP contribution < -0.4 is 5.56 Å². The molecule has 0 spiro atoms. The summed E-state index contributed by atoms with van der Waals surface area (Å²) in [5.41, 5.74) is 1.01. The molecule has 1 aromatic carbocycles. The number of aryl methyl sites for hydroxylation is 1. The average molecular weight is 353 g/mol. The summed E-state index contributed by atoms with van der Waals surface area (Å²) in [6, 6.07) is 14.4. The zero-order chi connectivity index (χ0) is 18.7. The third kappa shape index (κ3) is 3.54. The van der Waals surface area contributed by atoms with E-state index in [9.17, 15) is 14.7 Å². The summed E-state index contributed by atoms with van der Waals surface area (Å²) in [5, 5.41) is 10.3. The molecule has 0 saturated carbocycles. The molecule has 1 atom stereocenters. The first-order valence-electron chi connectivity index (χ1n) is 8.14. The Morgan fingerprint density at radius 3 is 2.62 bits per heavy atom. The second-order valence-corrected chi connectivity index (χ2v) is 5.98. The van der Waals surface area contributed by atoms with Crippen LogP contribution in [0.25, 0.3) is 11.3 Å². The van der Waals surface area contributed by atoms with Gasteiger partial charge in [0.25, 0.3) is 5.56 Å². The van der Waals surface area contributed by atoms with Gasteiger partial charge in [0.1, 0.15) is 17.3 Å². The highest BCUT2D eigenvalue weighted by molar-refractivity contribution is 5.71. The molecule has 3 aromatic rings. The van der Waals surface area contributed by atoms with E-state index in [1.807, 2.05) is 30.3 Å². The lowest BCUT2D eigenvalue weighted by molar-refractivity contribution is -0.140. The van der Waals surface area contributed by atoms with Gasteiger partial charge in [-0.05, 0) is 25.1 Å². The van der Waals surface area contributed by atoms with Gasteiger partial charge in [-0.3, -0.25) is 9.59 Å². The number of aromatic amines is 1. The highest BCUT2D eigenvalue weighted by Gasteiger charge is 2.28. The molecule has 0 aliphatic heterocycles. The minimum absolute atomic E-state index is 0.0787. The Labute approximate surface area is 150 Å². The van der Waals surface area contributed by atoms with Crippen LogP contribution in [-0.4, -0.2) is 23.2 Å². The van der Waals surface area contributed by atoms with Gasteiger partial charge in [0.2, 0.25) is 0 Å². The number of carbonyl (C=O) groups is 1. The number of methoxy groups -OCH3 is 1. The number of furan rings is 1. The predicted octanol–water partition coefficient (Wildman–Crippen LogP) is 3.34. The Kier molecular flexibility index (Phi) is 4.93. The fraction of sp³-hybridized carbons (Fsp3) is 0.200. The smallest absolute Gasteiger partial charge is 0.306 e. The molecule has 2 aromatic heterocycles. The van der Waals surface area contributed by atoms with E-state index in [4.69, 9.17) is 9.15 Å². The molecule has 6 heteroatoms. The van der Waals surface area contributed by atoms with Crippen LogP contribution in [0.4, 0.5) is 0 Å². The molecule has 134 valence electrons. The van der Waals surface area contributed by atoms with Crippen LogP contribution in [0.2, 0.25) is 0 Å². The van der Waals surface area contributed by atoms with Crippen molar-refractivity contribution in [3.8, 4) is 17.1 Å². The number of rotatable bonds is 5. The van der Waals surface area contributed by atoms with Crippen LogP contribution >= 0.6 is 0 Å². The second-order valence-electron chi connectivity index (χ2n) is 5.98. The molecular formula is C20H19NO5. The summed E-state index contributed by atoms with van der Waals surface area (Å²) < 4.78 is 10.6. The van der Waals surface area contributed by atoms with Gasteiger partial charge in [-0.2, -0.15) is 0 Å². The topological polar surface area (TPSA) is 92.5 Å². The molecule has 6 nitrogen and oxygen atoms in total. The molecule has 26 heavy (non-hydrogen) atoms. The van der Waals surface area contributed by atoms with Crippen molar-refractivity contribution in [3.63, 3.8) is 0 Å². The molecule has 0 saturated heterocycles. The quantitative estimate of drug-likeness (QED) is 0.686. The Morgan fingerprint density at radius 1 is 1.23 bits per heavy atom. The molecule has 3 rings (SSSR count). The van der Waals surface area contributed by atoms with Gasteiger partial charge in [0.05, 0.1) is 25.0 Å². The largest absolute Gasteiger partial charge is 0.507 e. The molecular weight excluding hydrogens is 334 g/mol. The summed E-state index contributed by atoms with van der Waals surface area (Å²) in [4.78, 5) is 26.9. The number of H-pyrrole nitrogens is 1. The second kappa shape index (κ2) is 7.31. The maximum Gasteiger partial charge on any atom is 0.306 e. The van der Waals surface area contributed by atoms with E-state index in [-0.39, 0.29) is 17.7 Å². The van der Waals surface area contributed by atoms with E-state index in [0.29, 0.717) is 17.2 Å². The monoisotopic (exact) mass is 353 g/mol. The van der Waals surface area contributed by atoms with Gasteiger partial charge < -0.3 is 19.2 Å². The first-order valence-corrected chi connectivity index (χ1v) is 8.14. The van der Waals surface area contributed by atoms with E-state index in [1.165, 1.54) is 13.2 Å². The molecule has 2 N–H and O–H groups in total. The van der Waals surface area contributed by atoms with Crippen molar-refractivity contribution in [2.24, 2.45) is 0 Å². The number of esters is 1. The van der Waals surface area contributed by atoms with Gasteiger partial charge in [0, 0.05) is 11.3 Å². The van der Waals surface area contributed by atoms with E-state index in [2.05, 4.69) is 4.98 Å². The standard InChI is InChI=1S/C20H19NO5/c1-12-10-15(22)19(20(24)21-12)14(11-18(23)25-2)17-9-8-16(26-17)13-6-4-3-5-7-13/h3-10,14H,11H2,1-2H3,(H2,21,22,24)/t14-/m0/s1. The fourth-order valence-electron chi connectivity index (χ4n) is 2.91. The summed E-state index contributed by atoms with van der Waals surface area (Å²) >= 11 is 0. The fourth-order valence-corrected chi connectivity index (χ4v) is 2.91. The minimum atomic E-state index is -0.760. The maximum atomic E-state index is 12.4. The number of aromatic hydroxyl groups is 1. The predicted molar refractivity (Wildman–Crippen MR) is 96.1 cm³/mol. The highest BCUT2D eigenvalue weighted by Crippen LogP contribution is 2.35. The molecule has 2 heterocycles. The average Bonchev–Trinajstić information content (AvgIpc) is 3.10. The Morgan fingerprint density at radius 2 is 1.96 bits per heavy atom. The molecule has 0 radical (unpaired) electrons. The number of benzene rings is 1. The van der Waals surface area contributed by atoms with Crippen LogP contribution in [0.3, 0.4) is 0 Å². The van der Waals surface area contributed by atoms with E-state index in [1.54, 1.807) is 19.1 Å². The van der Waals surface area contributed by atoms with Crippen LogP contribution in [0.5, 0.6) is 5.75 Å². The number of ether oxygens (including phenoxy) is 1. The zero-order valence-corrected chi connectivity index (χ0v) is 14.5. The normalized spacial score (nSPS) is 11.9. The van der Waals surface area contributed by atoms with Crippen LogP contribution in [0.1, 0.15) is 29.4 Å². The highest BCUT2D eigenvalue weighted by atomic mass is 16.5. The molecule has 0 unspecified atom stereocenters. The summed E-state index contributed by atoms with van der Waals surface area (Å²) in [7, 11) is 1.27. The first-order chi connectivity index (χ1) is 12.5. The van der Waals surface area contributed by atoms with Gasteiger partial charge in [0.15, 0.2) is 0 Å². The SMILES string of the molecule is COC(=O)C[C@@H](c1ccc(-c2ccccc2)o1)c1c(O)cc(C)[nH]c1=O. The van der Waals surface area contributed by atoms with Crippen molar-refractivity contribution in [2.45, 2.75) is 19.3 Å². The third-order valence-corrected chi connectivity index (χ3v) is 4.16. The summed E-state index contributed by atoms with van der Waals surface area (Å²) in [6.45, 7) is 1.67. The third-order valence-electron chi connectivity index (χ3n) is 4.16. The summed E-state index contributed by atoms with van der Waals surface area (Å²) in [5.74, 6) is -0.438.